The minimum atomic E-state index is -4.72. The number of carbonyl (C=O) groups excluding carboxylic acids is 1. The summed E-state index contributed by atoms with van der Waals surface area (Å²) in [7, 11) is 0. The van der Waals surface area contributed by atoms with Crippen LogP contribution in [0.25, 0.3) is 0 Å². The Balaban J connectivity index is 1.48. The zero-order chi connectivity index (χ0) is 19.4. The molecule has 2 saturated heterocycles. The van der Waals surface area contributed by atoms with Crippen LogP contribution in [0, 0.1) is 17.8 Å². The molecule has 150 valence electrons. The summed E-state index contributed by atoms with van der Waals surface area (Å²) in [5.74, 6) is 0.979. The van der Waals surface area contributed by atoms with E-state index in [0.717, 1.165) is 25.9 Å². The Morgan fingerprint density at radius 1 is 1.19 bits per heavy atom. The average Bonchev–Trinajstić information content (AvgIpc) is 3.11. The van der Waals surface area contributed by atoms with Crippen molar-refractivity contribution in [1.82, 2.24) is 10.2 Å². The molecule has 3 rings (SSSR count). The van der Waals surface area contributed by atoms with Gasteiger partial charge in [-0.05, 0) is 54.8 Å². The van der Waals surface area contributed by atoms with Crippen LogP contribution in [0.3, 0.4) is 0 Å². The van der Waals surface area contributed by atoms with Gasteiger partial charge >= 0.3 is 6.36 Å². The van der Waals surface area contributed by atoms with E-state index in [9.17, 15) is 23.1 Å². The second kappa shape index (κ2) is 8.48. The van der Waals surface area contributed by atoms with Crippen molar-refractivity contribution in [3.05, 3.63) is 29.8 Å². The largest absolute Gasteiger partial charge is 0.573 e. The van der Waals surface area contributed by atoms with E-state index < -0.39 is 6.36 Å². The topological polar surface area (TPSA) is 61.8 Å². The Morgan fingerprint density at radius 3 is 2.44 bits per heavy atom. The molecule has 2 N–H and O–H groups in total. The molecule has 8 heteroatoms. The fraction of sp³-hybridized carbons (Fsp3) is 0.632. The molecule has 1 aromatic carbocycles. The molecule has 2 atom stereocenters. The lowest BCUT2D eigenvalue weighted by molar-refractivity contribution is -0.274. The Hall–Kier alpha value is -1.80. The van der Waals surface area contributed by atoms with Crippen LogP contribution in [0.5, 0.6) is 5.75 Å². The van der Waals surface area contributed by atoms with E-state index in [2.05, 4.69) is 10.1 Å². The maximum Gasteiger partial charge on any atom is 0.573 e. The molecule has 0 bridgehead atoms. The minimum Gasteiger partial charge on any atom is -0.406 e. The third kappa shape index (κ3) is 5.35. The standard InChI is InChI=1S/C19H25F3N2O3/c20-19(21,22)27-16-3-1-13(2-4-16)9-18(26)24-7-5-14(6-8-24)17-11-23-10-15(17)12-25/h1-4,14-15,17,23,25H,5-12H2/t15-,17-/m0/s1. The first-order chi connectivity index (χ1) is 12.9. The molecule has 2 aliphatic rings. The van der Waals surface area contributed by atoms with Crippen molar-refractivity contribution >= 4 is 5.91 Å². The number of ether oxygens (including phenoxy) is 1. The van der Waals surface area contributed by atoms with Crippen molar-refractivity contribution in [2.24, 2.45) is 17.8 Å². The van der Waals surface area contributed by atoms with E-state index in [1.54, 1.807) is 0 Å². The molecular weight excluding hydrogens is 361 g/mol. The van der Waals surface area contributed by atoms with Gasteiger partial charge in [-0.15, -0.1) is 13.2 Å². The number of aliphatic hydroxyl groups is 1. The number of aliphatic hydroxyl groups excluding tert-OH is 1. The summed E-state index contributed by atoms with van der Waals surface area (Å²) in [4.78, 5) is 14.3. The number of nitrogens with one attached hydrogen (secondary N) is 1. The van der Waals surface area contributed by atoms with Gasteiger partial charge in [-0.2, -0.15) is 0 Å². The number of nitrogens with zero attached hydrogens (tertiary/aromatic N) is 1. The normalized spacial score (nSPS) is 24.2. The Morgan fingerprint density at radius 2 is 1.85 bits per heavy atom. The number of benzene rings is 1. The van der Waals surface area contributed by atoms with Crippen LogP contribution in [-0.2, 0) is 11.2 Å². The smallest absolute Gasteiger partial charge is 0.406 e. The van der Waals surface area contributed by atoms with Gasteiger partial charge in [-0.3, -0.25) is 4.79 Å². The first-order valence-corrected chi connectivity index (χ1v) is 9.30. The van der Waals surface area contributed by atoms with Crippen LogP contribution >= 0.6 is 0 Å². The highest BCUT2D eigenvalue weighted by molar-refractivity contribution is 5.78. The summed E-state index contributed by atoms with van der Waals surface area (Å²) >= 11 is 0. The third-order valence-electron chi connectivity index (χ3n) is 5.64. The summed E-state index contributed by atoms with van der Waals surface area (Å²) in [5.41, 5.74) is 0.664. The van der Waals surface area contributed by atoms with Crippen LogP contribution in [0.1, 0.15) is 18.4 Å². The summed E-state index contributed by atoms with van der Waals surface area (Å²) in [6.45, 7) is 3.36. The molecule has 0 aromatic heterocycles. The molecule has 27 heavy (non-hydrogen) atoms. The van der Waals surface area contributed by atoms with Crippen molar-refractivity contribution in [3.63, 3.8) is 0 Å². The Kier molecular flexibility index (Phi) is 6.26. The highest BCUT2D eigenvalue weighted by Gasteiger charge is 2.35. The number of hydrogen-bond donors (Lipinski definition) is 2. The second-order valence-electron chi connectivity index (χ2n) is 7.35. The molecule has 0 saturated carbocycles. The molecule has 0 radical (unpaired) electrons. The van der Waals surface area contributed by atoms with Gasteiger partial charge < -0.3 is 20.1 Å². The molecule has 2 fully saturated rings. The zero-order valence-electron chi connectivity index (χ0n) is 15.0. The second-order valence-corrected chi connectivity index (χ2v) is 7.35. The van der Waals surface area contributed by atoms with Crippen molar-refractivity contribution in [2.45, 2.75) is 25.6 Å². The quantitative estimate of drug-likeness (QED) is 0.815. The van der Waals surface area contributed by atoms with E-state index in [-0.39, 0.29) is 24.7 Å². The zero-order valence-corrected chi connectivity index (χ0v) is 15.0. The number of amides is 1. The maximum absolute atomic E-state index is 12.5. The first-order valence-electron chi connectivity index (χ1n) is 9.30. The molecule has 0 spiro atoms. The molecule has 5 nitrogen and oxygen atoms in total. The molecule has 0 unspecified atom stereocenters. The number of carbonyl (C=O) groups is 1. The van der Waals surface area contributed by atoms with Crippen LogP contribution in [0.2, 0.25) is 0 Å². The van der Waals surface area contributed by atoms with Crippen molar-refractivity contribution in [2.75, 3.05) is 32.8 Å². The van der Waals surface area contributed by atoms with Crippen molar-refractivity contribution < 1.29 is 27.8 Å². The highest BCUT2D eigenvalue weighted by Crippen LogP contribution is 2.32. The number of likely N-dealkylation sites (tertiary alicyclic amines) is 1. The maximum atomic E-state index is 12.5. The van der Waals surface area contributed by atoms with E-state index in [0.29, 0.717) is 36.4 Å². The Bertz CT molecular complexity index is 628. The molecule has 1 amide bonds. The average molecular weight is 386 g/mol. The lowest BCUT2D eigenvalue weighted by Crippen LogP contribution is -2.42. The molecule has 0 aliphatic carbocycles. The van der Waals surface area contributed by atoms with E-state index in [1.807, 2.05) is 4.90 Å². The number of alkyl halides is 3. The minimum absolute atomic E-state index is 0.0128. The van der Waals surface area contributed by atoms with Crippen LogP contribution in [-0.4, -0.2) is 55.1 Å². The van der Waals surface area contributed by atoms with Gasteiger partial charge in [0.25, 0.3) is 0 Å². The summed E-state index contributed by atoms with van der Waals surface area (Å²) in [6.07, 6.45) is -2.70. The lowest BCUT2D eigenvalue weighted by atomic mass is 9.79. The van der Waals surface area contributed by atoms with Crippen LogP contribution in [0.15, 0.2) is 24.3 Å². The molecule has 1 aromatic rings. The summed E-state index contributed by atoms with van der Waals surface area (Å²) < 4.78 is 40.4. The number of hydrogen-bond acceptors (Lipinski definition) is 4. The van der Waals surface area contributed by atoms with Crippen LogP contribution in [0.4, 0.5) is 13.2 Å². The van der Waals surface area contributed by atoms with E-state index >= 15 is 0 Å². The third-order valence-corrected chi connectivity index (χ3v) is 5.64. The number of halogens is 3. The lowest BCUT2D eigenvalue weighted by Gasteiger charge is -2.36. The van der Waals surface area contributed by atoms with Gasteiger partial charge in [0.1, 0.15) is 5.75 Å². The molecular formula is C19H25F3N2O3. The van der Waals surface area contributed by atoms with Gasteiger partial charge in [0.2, 0.25) is 5.91 Å². The number of piperidine rings is 1. The highest BCUT2D eigenvalue weighted by atomic mass is 19.4. The fourth-order valence-electron chi connectivity index (χ4n) is 4.18. The summed E-state index contributed by atoms with van der Waals surface area (Å²) in [5, 5.41) is 12.8. The van der Waals surface area contributed by atoms with Gasteiger partial charge in [-0.25, -0.2) is 0 Å². The van der Waals surface area contributed by atoms with Gasteiger partial charge in [-0.1, -0.05) is 12.1 Å². The fourth-order valence-corrected chi connectivity index (χ4v) is 4.18. The first kappa shape index (κ1) is 19.9. The summed E-state index contributed by atoms with van der Waals surface area (Å²) in [6, 6.07) is 5.43. The Labute approximate surface area is 156 Å². The van der Waals surface area contributed by atoms with Crippen molar-refractivity contribution in [3.8, 4) is 5.75 Å². The van der Waals surface area contributed by atoms with Crippen molar-refractivity contribution in [1.29, 1.82) is 0 Å². The monoisotopic (exact) mass is 386 g/mol. The van der Waals surface area contributed by atoms with Gasteiger partial charge in [0, 0.05) is 26.2 Å². The van der Waals surface area contributed by atoms with E-state index in [4.69, 9.17) is 0 Å². The molecule has 2 aliphatic heterocycles. The van der Waals surface area contributed by atoms with E-state index in [1.165, 1.54) is 24.3 Å². The predicted octanol–water partition coefficient (Wildman–Crippen LogP) is 2.19. The number of rotatable bonds is 5. The van der Waals surface area contributed by atoms with Gasteiger partial charge in [0.15, 0.2) is 0 Å². The van der Waals surface area contributed by atoms with Crippen LogP contribution < -0.4 is 10.1 Å². The van der Waals surface area contributed by atoms with Gasteiger partial charge in [0.05, 0.1) is 6.42 Å². The SMILES string of the molecule is O=C(Cc1ccc(OC(F)(F)F)cc1)N1CCC([C@@H]2CNC[C@H]2CO)CC1. The predicted molar refractivity (Wildman–Crippen MR) is 93.1 cm³/mol. The molecule has 2 heterocycles.